The number of anilines is 1. The Kier molecular flexibility index (Phi) is 5.62. The van der Waals surface area contributed by atoms with E-state index in [1.807, 2.05) is 13.8 Å². The number of rotatable bonds is 7. The van der Waals surface area contributed by atoms with Crippen molar-refractivity contribution in [2.75, 3.05) is 25.1 Å². The summed E-state index contributed by atoms with van der Waals surface area (Å²) in [6, 6.07) is 0. The fraction of sp³-hybridized carbons (Fsp3) is 0.562. The summed E-state index contributed by atoms with van der Waals surface area (Å²) in [7, 11) is 1.72. The number of aromatic amines is 1. The van der Waals surface area contributed by atoms with Crippen LogP contribution in [-0.2, 0) is 27.5 Å². The number of aromatic nitrogens is 4. The molecule has 2 aromatic rings. The van der Waals surface area contributed by atoms with Crippen LogP contribution >= 0.6 is 11.3 Å². The van der Waals surface area contributed by atoms with Crippen molar-refractivity contribution in [3.8, 4) is 0 Å². The predicted octanol–water partition coefficient (Wildman–Crippen LogP) is 1.12. The molecule has 1 fully saturated rings. The average molecular weight is 378 g/mol. The molecule has 1 atom stereocenters. The van der Waals surface area contributed by atoms with Gasteiger partial charge in [0, 0.05) is 38.5 Å². The Labute approximate surface area is 155 Å². The molecule has 0 bridgehead atoms. The predicted molar refractivity (Wildman–Crippen MR) is 95.5 cm³/mol. The van der Waals surface area contributed by atoms with E-state index in [-0.39, 0.29) is 24.2 Å². The third-order valence-corrected chi connectivity index (χ3v) is 5.03. The number of H-pyrrole nitrogens is 1. The van der Waals surface area contributed by atoms with Gasteiger partial charge in [-0.25, -0.2) is 4.98 Å². The van der Waals surface area contributed by atoms with Gasteiger partial charge in [-0.05, 0) is 13.8 Å². The summed E-state index contributed by atoms with van der Waals surface area (Å²) in [5, 5.41) is 9.34. The molecule has 3 heterocycles. The number of amides is 2. The molecule has 2 amide bonds. The maximum absolute atomic E-state index is 12.7. The Balaban J connectivity index is 1.61. The lowest BCUT2D eigenvalue weighted by Crippen LogP contribution is -2.34. The van der Waals surface area contributed by atoms with Crippen LogP contribution in [0.3, 0.4) is 0 Å². The molecular weight excluding hydrogens is 356 g/mol. The van der Waals surface area contributed by atoms with Crippen molar-refractivity contribution < 1.29 is 14.3 Å². The molecular formula is C16H22N6O3S. The standard InChI is InChI=1S/C16H22N6O3S/c1-4-25-9-13-19-20-16(26-13)22-7-11(5-14(22)23)15(24)21(3)8-12-17-6-10(2)18-12/h6,11H,4-5,7-9H2,1-3H3,(H,17,18). The highest BCUT2D eigenvalue weighted by atomic mass is 32.1. The van der Waals surface area contributed by atoms with E-state index in [1.54, 1.807) is 23.0 Å². The molecule has 0 radical (unpaired) electrons. The van der Waals surface area contributed by atoms with Crippen molar-refractivity contribution in [2.24, 2.45) is 5.92 Å². The summed E-state index contributed by atoms with van der Waals surface area (Å²) in [6.07, 6.45) is 1.91. The molecule has 0 aliphatic carbocycles. The van der Waals surface area contributed by atoms with E-state index >= 15 is 0 Å². The van der Waals surface area contributed by atoms with E-state index < -0.39 is 0 Å². The SMILES string of the molecule is CCOCc1nnc(N2CC(C(=O)N(C)Cc3ncc(C)[nH]3)CC2=O)s1. The van der Waals surface area contributed by atoms with E-state index in [0.717, 1.165) is 16.5 Å². The summed E-state index contributed by atoms with van der Waals surface area (Å²) < 4.78 is 5.31. The van der Waals surface area contributed by atoms with Gasteiger partial charge in [-0.3, -0.25) is 14.5 Å². The quantitative estimate of drug-likeness (QED) is 0.774. The molecule has 0 aromatic carbocycles. The van der Waals surface area contributed by atoms with Crippen molar-refractivity contribution in [1.82, 2.24) is 25.1 Å². The van der Waals surface area contributed by atoms with E-state index in [1.165, 1.54) is 11.3 Å². The van der Waals surface area contributed by atoms with Gasteiger partial charge in [0.2, 0.25) is 16.9 Å². The molecule has 2 aromatic heterocycles. The van der Waals surface area contributed by atoms with Crippen LogP contribution in [0.15, 0.2) is 6.20 Å². The molecule has 9 nitrogen and oxygen atoms in total. The third-order valence-electron chi connectivity index (χ3n) is 4.11. The van der Waals surface area contributed by atoms with Gasteiger partial charge < -0.3 is 14.6 Å². The lowest BCUT2D eigenvalue weighted by atomic mass is 10.1. The molecule has 10 heteroatoms. The van der Waals surface area contributed by atoms with Crippen LogP contribution in [0, 0.1) is 12.8 Å². The number of carbonyl (C=O) groups is 2. The maximum atomic E-state index is 12.7. The van der Waals surface area contributed by atoms with Gasteiger partial charge in [-0.2, -0.15) is 0 Å². The summed E-state index contributed by atoms with van der Waals surface area (Å²) in [5.74, 6) is 0.158. The Bertz CT molecular complexity index is 789. The molecule has 0 saturated carbocycles. The Morgan fingerprint density at radius 3 is 3.00 bits per heavy atom. The highest BCUT2D eigenvalue weighted by molar-refractivity contribution is 7.15. The fourth-order valence-corrected chi connectivity index (χ4v) is 3.62. The van der Waals surface area contributed by atoms with Gasteiger partial charge in [-0.1, -0.05) is 11.3 Å². The van der Waals surface area contributed by atoms with E-state index in [2.05, 4.69) is 20.2 Å². The zero-order valence-electron chi connectivity index (χ0n) is 15.1. The summed E-state index contributed by atoms with van der Waals surface area (Å²) in [5.41, 5.74) is 0.946. The van der Waals surface area contributed by atoms with E-state index in [0.29, 0.717) is 31.4 Å². The van der Waals surface area contributed by atoms with Crippen LogP contribution in [0.2, 0.25) is 0 Å². The zero-order chi connectivity index (χ0) is 18.7. The minimum Gasteiger partial charge on any atom is -0.374 e. The van der Waals surface area contributed by atoms with Crippen molar-refractivity contribution in [2.45, 2.75) is 33.4 Å². The Morgan fingerprint density at radius 1 is 1.50 bits per heavy atom. The van der Waals surface area contributed by atoms with Crippen LogP contribution in [-0.4, -0.2) is 57.1 Å². The number of aryl methyl sites for hydroxylation is 1. The second-order valence-corrected chi connectivity index (χ2v) is 7.27. The highest BCUT2D eigenvalue weighted by Crippen LogP contribution is 2.29. The molecule has 1 saturated heterocycles. The molecule has 26 heavy (non-hydrogen) atoms. The fourth-order valence-electron chi connectivity index (χ4n) is 2.82. The first-order chi connectivity index (χ1) is 12.5. The molecule has 1 aliphatic heterocycles. The molecule has 140 valence electrons. The summed E-state index contributed by atoms with van der Waals surface area (Å²) >= 11 is 1.32. The van der Waals surface area contributed by atoms with Crippen LogP contribution in [0.1, 0.15) is 29.9 Å². The lowest BCUT2D eigenvalue weighted by molar-refractivity contribution is -0.135. The second-order valence-electron chi connectivity index (χ2n) is 6.23. The minimum absolute atomic E-state index is 0.0750. The van der Waals surface area contributed by atoms with Crippen molar-refractivity contribution in [1.29, 1.82) is 0 Å². The van der Waals surface area contributed by atoms with Crippen molar-refractivity contribution >= 4 is 28.3 Å². The number of ether oxygens (including phenoxy) is 1. The number of nitrogens with zero attached hydrogens (tertiary/aromatic N) is 5. The Morgan fingerprint density at radius 2 is 2.31 bits per heavy atom. The van der Waals surface area contributed by atoms with Crippen molar-refractivity contribution in [3.63, 3.8) is 0 Å². The normalized spacial score (nSPS) is 17.1. The van der Waals surface area contributed by atoms with E-state index in [9.17, 15) is 9.59 Å². The number of hydrogen-bond acceptors (Lipinski definition) is 7. The number of carbonyl (C=O) groups excluding carboxylic acids is 2. The van der Waals surface area contributed by atoms with Gasteiger partial charge in [0.05, 0.1) is 12.5 Å². The van der Waals surface area contributed by atoms with Gasteiger partial charge in [-0.15, -0.1) is 10.2 Å². The molecule has 0 spiro atoms. The molecule has 3 rings (SSSR count). The number of nitrogens with one attached hydrogen (secondary N) is 1. The largest absolute Gasteiger partial charge is 0.374 e. The van der Waals surface area contributed by atoms with Crippen LogP contribution in [0.25, 0.3) is 0 Å². The monoisotopic (exact) mass is 378 g/mol. The van der Waals surface area contributed by atoms with Gasteiger partial charge in [0.1, 0.15) is 17.4 Å². The maximum Gasteiger partial charge on any atom is 0.229 e. The van der Waals surface area contributed by atoms with Crippen molar-refractivity contribution in [3.05, 3.63) is 22.7 Å². The first kappa shape index (κ1) is 18.5. The molecule has 1 unspecified atom stereocenters. The average Bonchev–Trinajstić information content (AvgIpc) is 3.32. The van der Waals surface area contributed by atoms with Gasteiger partial charge in [0.25, 0.3) is 0 Å². The number of hydrogen-bond donors (Lipinski definition) is 1. The molecule has 1 N–H and O–H groups in total. The highest BCUT2D eigenvalue weighted by Gasteiger charge is 2.38. The van der Waals surface area contributed by atoms with E-state index in [4.69, 9.17) is 4.74 Å². The summed E-state index contributed by atoms with van der Waals surface area (Å²) in [6.45, 7) is 5.49. The van der Waals surface area contributed by atoms with Crippen LogP contribution in [0.4, 0.5) is 5.13 Å². The van der Waals surface area contributed by atoms with Gasteiger partial charge >= 0.3 is 0 Å². The second kappa shape index (κ2) is 7.92. The first-order valence-corrected chi connectivity index (χ1v) is 9.25. The summed E-state index contributed by atoms with van der Waals surface area (Å²) in [4.78, 5) is 35.5. The molecule has 1 aliphatic rings. The van der Waals surface area contributed by atoms with Gasteiger partial charge in [0.15, 0.2) is 0 Å². The Hall–Kier alpha value is -2.33. The van der Waals surface area contributed by atoms with Crippen LogP contribution in [0.5, 0.6) is 0 Å². The first-order valence-electron chi connectivity index (χ1n) is 8.43. The van der Waals surface area contributed by atoms with Crippen LogP contribution < -0.4 is 4.90 Å². The minimum atomic E-state index is -0.386. The smallest absolute Gasteiger partial charge is 0.229 e. The lowest BCUT2D eigenvalue weighted by Gasteiger charge is -2.19. The number of imidazole rings is 1. The third kappa shape index (κ3) is 4.07. The topological polar surface area (TPSA) is 104 Å². The zero-order valence-corrected chi connectivity index (χ0v) is 15.9.